The standard InChI is InChI=1S/C24H26F2/c1-2-16-3-5-17(6-4-16)18-7-9-19(10-8-18)20-11-12-21-14-23(25)24(26)15-22(21)13-20/h2,7-10,14-17,20H,1,3-6,11-13H2. The van der Waals surface area contributed by atoms with Crippen molar-refractivity contribution in [3.63, 3.8) is 0 Å². The van der Waals surface area contributed by atoms with E-state index in [1.54, 1.807) is 0 Å². The second-order valence-corrected chi connectivity index (χ2v) is 7.99. The van der Waals surface area contributed by atoms with Crippen LogP contribution < -0.4 is 0 Å². The van der Waals surface area contributed by atoms with Crippen molar-refractivity contribution in [1.29, 1.82) is 0 Å². The summed E-state index contributed by atoms with van der Waals surface area (Å²) in [6, 6.07) is 11.9. The van der Waals surface area contributed by atoms with Crippen LogP contribution in [0.5, 0.6) is 0 Å². The molecule has 4 rings (SSSR count). The minimum atomic E-state index is -0.727. The minimum Gasteiger partial charge on any atom is -0.204 e. The summed E-state index contributed by atoms with van der Waals surface area (Å²) >= 11 is 0. The molecule has 2 aromatic carbocycles. The summed E-state index contributed by atoms with van der Waals surface area (Å²) in [5.74, 6) is 0.313. The van der Waals surface area contributed by atoms with Gasteiger partial charge in [0.1, 0.15) is 0 Å². The molecule has 1 saturated carbocycles. The fraction of sp³-hybridized carbons (Fsp3) is 0.417. The van der Waals surface area contributed by atoms with Gasteiger partial charge in [-0.05, 0) is 97.1 Å². The van der Waals surface area contributed by atoms with Crippen LogP contribution >= 0.6 is 0 Å². The van der Waals surface area contributed by atoms with E-state index in [4.69, 9.17) is 0 Å². The van der Waals surface area contributed by atoms with Crippen LogP contribution in [0.4, 0.5) is 8.78 Å². The van der Waals surface area contributed by atoms with Crippen molar-refractivity contribution in [3.05, 3.63) is 82.9 Å². The predicted octanol–water partition coefficient (Wildman–Crippen LogP) is 6.70. The quantitative estimate of drug-likeness (QED) is 0.539. The van der Waals surface area contributed by atoms with Gasteiger partial charge in [-0.3, -0.25) is 0 Å². The highest BCUT2D eigenvalue weighted by atomic mass is 19.2. The van der Waals surface area contributed by atoms with Crippen molar-refractivity contribution in [2.45, 2.75) is 56.8 Å². The Labute approximate surface area is 154 Å². The summed E-state index contributed by atoms with van der Waals surface area (Å²) in [5.41, 5.74) is 4.70. The third-order valence-corrected chi connectivity index (χ3v) is 6.46. The SMILES string of the molecule is C=CC1CCC(c2ccc(C3CCc4cc(F)c(F)cc4C3)cc2)CC1. The Morgan fingerprint density at radius 1 is 0.769 bits per heavy atom. The summed E-state index contributed by atoms with van der Waals surface area (Å²) in [5, 5.41) is 0. The molecule has 0 saturated heterocycles. The van der Waals surface area contributed by atoms with Gasteiger partial charge >= 0.3 is 0 Å². The Bertz CT molecular complexity index is 783. The van der Waals surface area contributed by atoms with Gasteiger partial charge in [-0.1, -0.05) is 30.3 Å². The maximum absolute atomic E-state index is 13.6. The van der Waals surface area contributed by atoms with E-state index in [0.717, 1.165) is 30.4 Å². The second-order valence-electron chi connectivity index (χ2n) is 7.99. The lowest BCUT2D eigenvalue weighted by molar-refractivity contribution is 0.376. The first-order valence-corrected chi connectivity index (χ1v) is 9.83. The molecule has 2 aliphatic carbocycles. The third-order valence-electron chi connectivity index (χ3n) is 6.46. The zero-order valence-electron chi connectivity index (χ0n) is 15.2. The van der Waals surface area contributed by atoms with Crippen LogP contribution in [0.2, 0.25) is 0 Å². The molecule has 0 aliphatic heterocycles. The van der Waals surface area contributed by atoms with Crippen molar-refractivity contribution in [3.8, 4) is 0 Å². The molecule has 2 aromatic rings. The second kappa shape index (κ2) is 7.34. The Kier molecular flexibility index (Phi) is 4.93. The van der Waals surface area contributed by atoms with E-state index in [9.17, 15) is 8.78 Å². The van der Waals surface area contributed by atoms with Gasteiger partial charge in [0.15, 0.2) is 11.6 Å². The summed E-state index contributed by atoms with van der Waals surface area (Å²) < 4.78 is 27.0. The Morgan fingerprint density at radius 2 is 1.35 bits per heavy atom. The van der Waals surface area contributed by atoms with E-state index in [-0.39, 0.29) is 0 Å². The number of benzene rings is 2. The zero-order chi connectivity index (χ0) is 18.1. The number of rotatable bonds is 3. The summed E-state index contributed by atoms with van der Waals surface area (Å²) in [4.78, 5) is 0. The minimum absolute atomic E-state index is 0.401. The van der Waals surface area contributed by atoms with Gasteiger partial charge in [0.05, 0.1) is 0 Å². The molecule has 0 heterocycles. The first-order valence-electron chi connectivity index (χ1n) is 9.83. The van der Waals surface area contributed by atoms with Crippen molar-refractivity contribution < 1.29 is 8.78 Å². The number of fused-ring (bicyclic) bond motifs is 1. The van der Waals surface area contributed by atoms with Crippen LogP contribution in [0.3, 0.4) is 0 Å². The average molecular weight is 352 g/mol. The normalized spacial score (nSPS) is 25.5. The third kappa shape index (κ3) is 3.47. The van der Waals surface area contributed by atoms with Crippen molar-refractivity contribution in [2.75, 3.05) is 0 Å². The van der Waals surface area contributed by atoms with Gasteiger partial charge in [0.25, 0.3) is 0 Å². The summed E-state index contributed by atoms with van der Waals surface area (Å²) in [7, 11) is 0. The van der Waals surface area contributed by atoms with Crippen LogP contribution in [-0.4, -0.2) is 0 Å². The fourth-order valence-corrected chi connectivity index (χ4v) is 4.76. The molecule has 26 heavy (non-hydrogen) atoms. The van der Waals surface area contributed by atoms with E-state index in [1.807, 2.05) is 0 Å². The lowest BCUT2D eigenvalue weighted by Gasteiger charge is -2.28. The Morgan fingerprint density at radius 3 is 1.96 bits per heavy atom. The van der Waals surface area contributed by atoms with Crippen LogP contribution in [0.25, 0.3) is 0 Å². The molecule has 1 unspecified atom stereocenters. The lowest BCUT2D eigenvalue weighted by atomic mass is 9.77. The Hall–Kier alpha value is -1.96. The summed E-state index contributed by atoms with van der Waals surface area (Å²) in [6.45, 7) is 3.93. The number of aryl methyl sites for hydroxylation is 1. The monoisotopic (exact) mass is 352 g/mol. The first-order chi connectivity index (χ1) is 12.6. The molecule has 0 bridgehead atoms. The number of allylic oxidation sites excluding steroid dienone is 1. The van der Waals surface area contributed by atoms with Crippen LogP contribution in [0, 0.1) is 17.6 Å². The first kappa shape index (κ1) is 17.5. The topological polar surface area (TPSA) is 0 Å². The van der Waals surface area contributed by atoms with Crippen molar-refractivity contribution >= 4 is 0 Å². The zero-order valence-corrected chi connectivity index (χ0v) is 15.2. The van der Waals surface area contributed by atoms with Crippen molar-refractivity contribution in [2.24, 2.45) is 5.92 Å². The Balaban J connectivity index is 1.46. The van der Waals surface area contributed by atoms with Crippen LogP contribution in [-0.2, 0) is 12.8 Å². The van der Waals surface area contributed by atoms with E-state index in [0.29, 0.717) is 17.8 Å². The van der Waals surface area contributed by atoms with Gasteiger partial charge in [-0.15, -0.1) is 6.58 Å². The van der Waals surface area contributed by atoms with Crippen LogP contribution in [0.15, 0.2) is 49.1 Å². The average Bonchev–Trinajstić information content (AvgIpc) is 2.69. The molecule has 0 nitrogen and oxygen atoms in total. The van der Waals surface area contributed by atoms with E-state index >= 15 is 0 Å². The highest BCUT2D eigenvalue weighted by molar-refractivity contribution is 5.36. The van der Waals surface area contributed by atoms with E-state index < -0.39 is 11.6 Å². The molecule has 0 amide bonds. The molecule has 1 fully saturated rings. The number of hydrogen-bond donors (Lipinski definition) is 0. The highest BCUT2D eigenvalue weighted by Crippen LogP contribution is 2.38. The number of halogens is 2. The fourth-order valence-electron chi connectivity index (χ4n) is 4.76. The van der Waals surface area contributed by atoms with Crippen LogP contribution in [0.1, 0.15) is 66.2 Å². The molecule has 0 radical (unpaired) electrons. The number of hydrogen-bond acceptors (Lipinski definition) is 0. The van der Waals surface area contributed by atoms with Gasteiger partial charge < -0.3 is 0 Å². The largest absolute Gasteiger partial charge is 0.204 e. The molecule has 136 valence electrons. The van der Waals surface area contributed by atoms with Crippen molar-refractivity contribution in [1.82, 2.24) is 0 Å². The summed E-state index contributed by atoms with van der Waals surface area (Å²) in [6.07, 6.45) is 9.72. The molecule has 2 aliphatic rings. The molecule has 0 N–H and O–H groups in total. The lowest BCUT2D eigenvalue weighted by Crippen LogP contribution is -2.14. The van der Waals surface area contributed by atoms with E-state index in [1.165, 1.54) is 48.9 Å². The van der Waals surface area contributed by atoms with Gasteiger partial charge in [-0.2, -0.15) is 0 Å². The highest BCUT2D eigenvalue weighted by Gasteiger charge is 2.23. The maximum atomic E-state index is 13.6. The molecular weight excluding hydrogens is 326 g/mol. The molecule has 1 atom stereocenters. The van der Waals surface area contributed by atoms with Gasteiger partial charge in [0, 0.05) is 0 Å². The molecule has 2 heteroatoms. The van der Waals surface area contributed by atoms with Gasteiger partial charge in [-0.25, -0.2) is 8.78 Å². The maximum Gasteiger partial charge on any atom is 0.159 e. The van der Waals surface area contributed by atoms with E-state index in [2.05, 4.69) is 36.9 Å². The molecule has 0 spiro atoms. The smallest absolute Gasteiger partial charge is 0.159 e. The predicted molar refractivity (Wildman–Crippen MR) is 102 cm³/mol. The molecular formula is C24H26F2. The van der Waals surface area contributed by atoms with Gasteiger partial charge in [0.2, 0.25) is 0 Å². The molecule has 0 aromatic heterocycles.